The Morgan fingerprint density at radius 1 is 1.44 bits per heavy atom. The molecule has 86 valence electrons. The van der Waals surface area contributed by atoms with E-state index in [1.807, 2.05) is 0 Å². The third-order valence-electron chi connectivity index (χ3n) is 1.86. The molecule has 0 spiro atoms. The van der Waals surface area contributed by atoms with Gasteiger partial charge in [0.1, 0.15) is 5.75 Å². The number of aliphatic carboxylic acids is 1. The van der Waals surface area contributed by atoms with Crippen molar-refractivity contribution in [2.45, 2.75) is 6.42 Å². The highest BCUT2D eigenvalue weighted by atomic mass is 35.5. The van der Waals surface area contributed by atoms with E-state index < -0.39 is 5.97 Å². The predicted molar refractivity (Wildman–Crippen MR) is 64.3 cm³/mol. The maximum Gasteiger partial charge on any atom is 0.307 e. The number of ether oxygens (including phenoxy) is 1. The van der Waals surface area contributed by atoms with Gasteiger partial charge in [-0.15, -0.1) is 0 Å². The summed E-state index contributed by atoms with van der Waals surface area (Å²) in [5.41, 5.74) is 0.661. The van der Waals surface area contributed by atoms with Gasteiger partial charge in [-0.2, -0.15) is 0 Å². The molecular weight excluding hydrogens is 251 g/mol. The van der Waals surface area contributed by atoms with E-state index in [0.717, 1.165) is 0 Å². The molecule has 0 saturated carbocycles. The number of halogens is 2. The van der Waals surface area contributed by atoms with Crippen LogP contribution in [0.5, 0.6) is 5.75 Å². The average molecular weight is 261 g/mol. The second-order valence-corrected chi connectivity index (χ2v) is 3.82. The van der Waals surface area contributed by atoms with E-state index in [9.17, 15) is 4.79 Å². The molecule has 0 amide bonds. The Morgan fingerprint density at radius 2 is 2.12 bits per heavy atom. The van der Waals surface area contributed by atoms with Gasteiger partial charge >= 0.3 is 5.97 Å². The van der Waals surface area contributed by atoms with Crippen LogP contribution in [0, 0.1) is 0 Å². The molecule has 5 heteroatoms. The van der Waals surface area contributed by atoms with Crippen LogP contribution in [0.25, 0.3) is 6.08 Å². The number of carbonyl (C=O) groups is 1. The van der Waals surface area contributed by atoms with Gasteiger partial charge in [0.05, 0.1) is 23.6 Å². The minimum atomic E-state index is -0.896. The molecule has 1 aromatic carbocycles. The first kappa shape index (κ1) is 12.9. The lowest BCUT2D eigenvalue weighted by Gasteiger charge is -2.05. The van der Waals surface area contributed by atoms with Crippen LogP contribution in [-0.2, 0) is 4.79 Å². The van der Waals surface area contributed by atoms with Crippen molar-refractivity contribution < 1.29 is 14.6 Å². The third kappa shape index (κ3) is 3.43. The minimum absolute atomic E-state index is 0.0556. The molecule has 0 radical (unpaired) electrons. The molecule has 0 heterocycles. The highest BCUT2D eigenvalue weighted by Gasteiger charge is 2.05. The summed E-state index contributed by atoms with van der Waals surface area (Å²) >= 11 is 11.9. The van der Waals surface area contributed by atoms with E-state index in [0.29, 0.717) is 21.4 Å². The summed E-state index contributed by atoms with van der Waals surface area (Å²) in [7, 11) is 1.50. The van der Waals surface area contributed by atoms with Crippen LogP contribution < -0.4 is 4.74 Å². The number of carboxylic acid groups (broad SMARTS) is 1. The van der Waals surface area contributed by atoms with Crippen LogP contribution in [0.1, 0.15) is 12.0 Å². The Hall–Kier alpha value is -1.19. The second-order valence-electron chi connectivity index (χ2n) is 3.01. The first-order chi connectivity index (χ1) is 7.54. The average Bonchev–Trinajstić information content (AvgIpc) is 2.22. The number of hydrogen-bond donors (Lipinski definition) is 1. The van der Waals surface area contributed by atoms with Gasteiger partial charge < -0.3 is 9.84 Å². The molecule has 16 heavy (non-hydrogen) atoms. The first-order valence-electron chi connectivity index (χ1n) is 4.46. The maximum atomic E-state index is 10.3. The molecule has 0 saturated heterocycles. The van der Waals surface area contributed by atoms with E-state index in [-0.39, 0.29) is 6.42 Å². The monoisotopic (exact) mass is 260 g/mol. The quantitative estimate of drug-likeness (QED) is 0.902. The fourth-order valence-corrected chi connectivity index (χ4v) is 1.58. The zero-order valence-corrected chi connectivity index (χ0v) is 10.0. The molecule has 1 aromatic rings. The van der Waals surface area contributed by atoms with E-state index in [2.05, 4.69) is 0 Å². The van der Waals surface area contributed by atoms with Gasteiger partial charge in [0.25, 0.3) is 0 Å². The molecule has 0 atom stereocenters. The van der Waals surface area contributed by atoms with Gasteiger partial charge in [0.15, 0.2) is 0 Å². The highest BCUT2D eigenvalue weighted by Crippen LogP contribution is 2.31. The minimum Gasteiger partial charge on any atom is -0.495 e. The van der Waals surface area contributed by atoms with Crippen LogP contribution >= 0.6 is 23.2 Å². The maximum absolute atomic E-state index is 10.3. The van der Waals surface area contributed by atoms with Crippen LogP contribution in [0.2, 0.25) is 10.0 Å². The van der Waals surface area contributed by atoms with Crippen LogP contribution in [-0.4, -0.2) is 18.2 Å². The lowest BCUT2D eigenvalue weighted by molar-refractivity contribution is -0.135. The fourth-order valence-electron chi connectivity index (χ4n) is 1.11. The lowest BCUT2D eigenvalue weighted by Crippen LogP contribution is -1.90. The number of benzene rings is 1. The molecule has 0 unspecified atom stereocenters. The summed E-state index contributed by atoms with van der Waals surface area (Å²) in [5, 5.41) is 9.36. The Labute approximate surface area is 103 Å². The number of carboxylic acids is 1. The van der Waals surface area contributed by atoms with Gasteiger partial charge in [0, 0.05) is 6.07 Å². The Bertz CT molecular complexity index is 427. The van der Waals surface area contributed by atoms with Crippen molar-refractivity contribution in [3.05, 3.63) is 33.8 Å². The smallest absolute Gasteiger partial charge is 0.307 e. The van der Waals surface area contributed by atoms with Gasteiger partial charge in [0.2, 0.25) is 0 Å². The zero-order valence-electron chi connectivity index (χ0n) is 8.54. The van der Waals surface area contributed by atoms with Crippen molar-refractivity contribution in [2.24, 2.45) is 0 Å². The molecule has 1 rings (SSSR count). The summed E-state index contributed by atoms with van der Waals surface area (Å²) in [5.74, 6) is -0.408. The SMILES string of the molecule is COc1cc(Cl)c(/C=C/CC(=O)O)cc1Cl. The standard InChI is InChI=1S/C11H10Cl2O3/c1-16-10-6-8(12)7(5-9(10)13)3-2-4-11(14)15/h2-3,5-6H,4H2,1H3,(H,14,15)/b3-2+. The van der Waals surface area contributed by atoms with E-state index in [4.69, 9.17) is 33.0 Å². The van der Waals surface area contributed by atoms with Gasteiger partial charge in [-0.25, -0.2) is 0 Å². The molecule has 0 fully saturated rings. The Balaban J connectivity index is 2.93. The predicted octanol–water partition coefficient (Wildman–Crippen LogP) is 3.49. The molecule has 1 N–H and O–H groups in total. The third-order valence-corrected chi connectivity index (χ3v) is 2.48. The van der Waals surface area contributed by atoms with Crippen molar-refractivity contribution in [3.63, 3.8) is 0 Å². The van der Waals surface area contributed by atoms with E-state index in [1.165, 1.54) is 13.2 Å². The van der Waals surface area contributed by atoms with Crippen LogP contribution in [0.4, 0.5) is 0 Å². The molecular formula is C11H10Cl2O3. The van der Waals surface area contributed by atoms with Crippen molar-refractivity contribution in [3.8, 4) is 5.75 Å². The molecule has 0 aliphatic heterocycles. The summed E-state index contributed by atoms with van der Waals surface area (Å²) in [4.78, 5) is 10.3. The molecule has 3 nitrogen and oxygen atoms in total. The first-order valence-corrected chi connectivity index (χ1v) is 5.21. The summed E-state index contributed by atoms with van der Waals surface area (Å²) < 4.78 is 4.99. The Kier molecular flexibility index (Phi) is 4.65. The molecule has 0 aromatic heterocycles. The summed E-state index contributed by atoms with van der Waals surface area (Å²) in [6, 6.07) is 3.21. The van der Waals surface area contributed by atoms with Gasteiger partial charge in [-0.3, -0.25) is 4.79 Å². The molecule has 0 bridgehead atoms. The summed E-state index contributed by atoms with van der Waals surface area (Å²) in [6.45, 7) is 0. The van der Waals surface area contributed by atoms with Crippen LogP contribution in [0.15, 0.2) is 18.2 Å². The molecule has 0 aliphatic rings. The topological polar surface area (TPSA) is 46.5 Å². The number of rotatable bonds is 4. The normalized spacial score (nSPS) is 10.7. The number of methoxy groups -OCH3 is 1. The van der Waals surface area contributed by atoms with Gasteiger partial charge in [-0.1, -0.05) is 35.4 Å². The van der Waals surface area contributed by atoms with Crippen molar-refractivity contribution in [1.82, 2.24) is 0 Å². The largest absolute Gasteiger partial charge is 0.495 e. The van der Waals surface area contributed by atoms with Crippen LogP contribution in [0.3, 0.4) is 0 Å². The summed E-state index contributed by atoms with van der Waals surface area (Å²) in [6.07, 6.45) is 3.06. The second kappa shape index (κ2) is 5.77. The van der Waals surface area contributed by atoms with E-state index in [1.54, 1.807) is 18.2 Å². The van der Waals surface area contributed by atoms with E-state index >= 15 is 0 Å². The Morgan fingerprint density at radius 3 is 2.69 bits per heavy atom. The zero-order chi connectivity index (χ0) is 12.1. The number of hydrogen-bond acceptors (Lipinski definition) is 2. The fraction of sp³-hybridized carbons (Fsp3) is 0.182. The van der Waals surface area contributed by atoms with Crippen molar-refractivity contribution >= 4 is 35.2 Å². The van der Waals surface area contributed by atoms with Crippen molar-refractivity contribution in [2.75, 3.05) is 7.11 Å². The highest BCUT2D eigenvalue weighted by molar-refractivity contribution is 6.35. The van der Waals surface area contributed by atoms with Crippen molar-refractivity contribution in [1.29, 1.82) is 0 Å². The molecule has 0 aliphatic carbocycles. The lowest BCUT2D eigenvalue weighted by atomic mass is 10.2. The van der Waals surface area contributed by atoms with Gasteiger partial charge in [-0.05, 0) is 11.6 Å².